The monoisotopic (exact) mass is 396 g/mol. The van der Waals surface area contributed by atoms with E-state index < -0.39 is 11.2 Å². The number of fused-ring (bicyclic) bond motifs is 1. The topological polar surface area (TPSA) is 99.1 Å². The molecule has 28 heavy (non-hydrogen) atoms. The van der Waals surface area contributed by atoms with Crippen molar-refractivity contribution in [1.29, 1.82) is 0 Å². The summed E-state index contributed by atoms with van der Waals surface area (Å²) in [6, 6.07) is 10.6. The van der Waals surface area contributed by atoms with Gasteiger partial charge in [-0.05, 0) is 41.4 Å². The largest absolute Gasteiger partial charge is 0.493 e. The summed E-state index contributed by atoms with van der Waals surface area (Å²) < 4.78 is 16.3. The van der Waals surface area contributed by atoms with Crippen LogP contribution in [-0.4, -0.2) is 33.1 Å². The Morgan fingerprint density at radius 1 is 1.11 bits per heavy atom. The SMILES string of the molecule is COc1ccc(Cn2c(=O)[nH]c3c(-c4ccccn4)nsc3c2=O)cc1OC. The van der Waals surface area contributed by atoms with Gasteiger partial charge in [0.1, 0.15) is 10.4 Å². The highest BCUT2D eigenvalue weighted by molar-refractivity contribution is 7.13. The quantitative estimate of drug-likeness (QED) is 0.556. The molecule has 3 heterocycles. The molecule has 0 saturated carbocycles. The molecule has 0 unspecified atom stereocenters. The lowest BCUT2D eigenvalue weighted by Gasteiger charge is -2.10. The molecule has 0 aliphatic carbocycles. The first-order valence-corrected chi connectivity index (χ1v) is 9.14. The van der Waals surface area contributed by atoms with Crippen LogP contribution in [0, 0.1) is 0 Å². The number of methoxy groups -OCH3 is 2. The van der Waals surface area contributed by atoms with Gasteiger partial charge in [-0.2, -0.15) is 4.37 Å². The lowest BCUT2D eigenvalue weighted by Crippen LogP contribution is -2.34. The number of rotatable bonds is 5. The maximum absolute atomic E-state index is 12.9. The van der Waals surface area contributed by atoms with E-state index in [-0.39, 0.29) is 6.54 Å². The number of H-pyrrole nitrogens is 1. The fraction of sp³-hybridized carbons (Fsp3) is 0.158. The molecule has 0 aliphatic heterocycles. The van der Waals surface area contributed by atoms with E-state index >= 15 is 0 Å². The van der Waals surface area contributed by atoms with Crippen molar-refractivity contribution in [1.82, 2.24) is 18.9 Å². The maximum Gasteiger partial charge on any atom is 0.329 e. The van der Waals surface area contributed by atoms with E-state index in [9.17, 15) is 9.59 Å². The van der Waals surface area contributed by atoms with Crippen molar-refractivity contribution in [3.8, 4) is 22.9 Å². The van der Waals surface area contributed by atoms with Crippen LogP contribution in [0.2, 0.25) is 0 Å². The summed E-state index contributed by atoms with van der Waals surface area (Å²) in [6.07, 6.45) is 1.64. The van der Waals surface area contributed by atoms with E-state index in [2.05, 4.69) is 14.3 Å². The molecule has 0 saturated heterocycles. The van der Waals surface area contributed by atoms with Crippen LogP contribution in [0.25, 0.3) is 21.6 Å². The first-order valence-electron chi connectivity index (χ1n) is 8.37. The second-order valence-electron chi connectivity index (χ2n) is 5.96. The van der Waals surface area contributed by atoms with E-state index in [0.717, 1.165) is 21.7 Å². The summed E-state index contributed by atoms with van der Waals surface area (Å²) in [4.78, 5) is 32.6. The molecule has 4 aromatic rings. The van der Waals surface area contributed by atoms with Gasteiger partial charge in [-0.15, -0.1) is 0 Å². The molecule has 142 valence electrons. The van der Waals surface area contributed by atoms with Gasteiger partial charge < -0.3 is 14.5 Å². The van der Waals surface area contributed by atoms with Crippen molar-refractivity contribution in [2.75, 3.05) is 14.2 Å². The van der Waals surface area contributed by atoms with E-state index in [1.165, 1.54) is 7.11 Å². The third-order valence-electron chi connectivity index (χ3n) is 4.30. The molecule has 1 N–H and O–H groups in total. The summed E-state index contributed by atoms with van der Waals surface area (Å²) in [5, 5.41) is 0. The minimum atomic E-state index is -0.510. The number of benzene rings is 1. The van der Waals surface area contributed by atoms with Crippen molar-refractivity contribution >= 4 is 21.7 Å². The number of nitrogens with one attached hydrogen (secondary N) is 1. The second-order valence-corrected chi connectivity index (χ2v) is 6.73. The number of aromatic nitrogens is 4. The van der Waals surface area contributed by atoms with Crippen molar-refractivity contribution in [2.24, 2.45) is 0 Å². The number of hydrogen-bond acceptors (Lipinski definition) is 7. The highest BCUT2D eigenvalue weighted by Crippen LogP contribution is 2.28. The van der Waals surface area contributed by atoms with E-state index in [4.69, 9.17) is 9.47 Å². The Kier molecular flexibility index (Phi) is 4.66. The third-order valence-corrected chi connectivity index (χ3v) is 5.14. The van der Waals surface area contributed by atoms with Gasteiger partial charge in [0.05, 0.1) is 32.0 Å². The van der Waals surface area contributed by atoms with Gasteiger partial charge in [0.25, 0.3) is 5.56 Å². The smallest absolute Gasteiger partial charge is 0.329 e. The molecule has 4 rings (SSSR count). The molecule has 8 nitrogen and oxygen atoms in total. The highest BCUT2D eigenvalue weighted by Gasteiger charge is 2.17. The zero-order valence-electron chi connectivity index (χ0n) is 15.1. The first kappa shape index (κ1) is 17.9. The minimum absolute atomic E-state index is 0.0985. The van der Waals surface area contributed by atoms with Crippen LogP contribution in [0.5, 0.6) is 11.5 Å². The number of aromatic amines is 1. The summed E-state index contributed by atoms with van der Waals surface area (Å²) in [5.74, 6) is 1.10. The van der Waals surface area contributed by atoms with Crippen molar-refractivity contribution in [3.05, 3.63) is 69.0 Å². The molecule has 0 aliphatic rings. The Morgan fingerprint density at radius 2 is 1.93 bits per heavy atom. The molecule has 0 amide bonds. The summed E-state index contributed by atoms with van der Waals surface area (Å²) in [5.41, 5.74) is 1.33. The van der Waals surface area contributed by atoms with Crippen molar-refractivity contribution in [3.63, 3.8) is 0 Å². The average molecular weight is 396 g/mol. The van der Waals surface area contributed by atoms with E-state index in [1.807, 2.05) is 6.07 Å². The average Bonchev–Trinajstić information content (AvgIpc) is 3.15. The van der Waals surface area contributed by atoms with Crippen LogP contribution in [-0.2, 0) is 6.54 Å². The van der Waals surface area contributed by atoms with Crippen LogP contribution in [0.1, 0.15) is 5.56 Å². The molecule has 0 bridgehead atoms. The molecular formula is C19H16N4O4S. The number of nitrogens with zero attached hydrogens (tertiary/aromatic N) is 3. The lowest BCUT2D eigenvalue weighted by molar-refractivity contribution is 0.354. The Balaban J connectivity index is 1.79. The molecule has 0 atom stereocenters. The summed E-state index contributed by atoms with van der Waals surface area (Å²) in [7, 11) is 3.08. The van der Waals surface area contributed by atoms with Crippen molar-refractivity contribution < 1.29 is 9.47 Å². The Labute approximate surface area is 163 Å². The molecule has 3 aromatic heterocycles. The predicted octanol–water partition coefficient (Wildman–Crippen LogP) is 2.27. The number of pyridine rings is 1. The van der Waals surface area contributed by atoms with E-state index in [0.29, 0.717) is 33.1 Å². The minimum Gasteiger partial charge on any atom is -0.493 e. The Bertz CT molecular complexity index is 1260. The van der Waals surface area contributed by atoms with Gasteiger partial charge in [-0.25, -0.2) is 4.79 Å². The normalized spacial score (nSPS) is 10.9. The van der Waals surface area contributed by atoms with Gasteiger partial charge in [0.15, 0.2) is 11.5 Å². The standard InChI is InChI=1S/C19H16N4O4S/c1-26-13-7-6-11(9-14(13)27-2)10-23-18(24)17-16(21-19(23)25)15(22-28-17)12-5-3-4-8-20-12/h3-9H,10H2,1-2H3,(H,21,25). The predicted molar refractivity (Wildman–Crippen MR) is 106 cm³/mol. The van der Waals surface area contributed by atoms with Gasteiger partial charge in [-0.1, -0.05) is 12.1 Å². The fourth-order valence-corrected chi connectivity index (χ4v) is 3.72. The van der Waals surface area contributed by atoms with Crippen LogP contribution >= 0.6 is 11.5 Å². The van der Waals surface area contributed by atoms with E-state index in [1.54, 1.807) is 43.6 Å². The van der Waals surface area contributed by atoms with Crippen molar-refractivity contribution in [2.45, 2.75) is 6.54 Å². The zero-order chi connectivity index (χ0) is 19.7. The van der Waals surface area contributed by atoms with Gasteiger partial charge >= 0.3 is 5.69 Å². The first-order chi connectivity index (χ1) is 13.6. The van der Waals surface area contributed by atoms with Gasteiger partial charge in [0, 0.05) is 6.20 Å². The second kappa shape index (κ2) is 7.28. The molecule has 0 fully saturated rings. The Hall–Kier alpha value is -3.46. The third kappa shape index (κ3) is 3.05. The lowest BCUT2D eigenvalue weighted by atomic mass is 10.2. The molecule has 1 aromatic carbocycles. The van der Waals surface area contributed by atoms with Crippen LogP contribution in [0.15, 0.2) is 52.2 Å². The maximum atomic E-state index is 12.9. The fourth-order valence-electron chi connectivity index (χ4n) is 2.92. The molecule has 9 heteroatoms. The summed E-state index contributed by atoms with van der Waals surface area (Å²) >= 11 is 1.04. The highest BCUT2D eigenvalue weighted by atomic mass is 32.1. The zero-order valence-corrected chi connectivity index (χ0v) is 15.9. The van der Waals surface area contributed by atoms with Gasteiger partial charge in [0.2, 0.25) is 0 Å². The Morgan fingerprint density at radius 3 is 2.64 bits per heavy atom. The molecular weight excluding hydrogens is 380 g/mol. The van der Waals surface area contributed by atoms with Crippen LogP contribution < -0.4 is 20.7 Å². The summed E-state index contributed by atoms with van der Waals surface area (Å²) in [6.45, 7) is 0.0985. The van der Waals surface area contributed by atoms with Crippen LogP contribution in [0.3, 0.4) is 0 Å². The molecule has 0 radical (unpaired) electrons. The number of hydrogen-bond donors (Lipinski definition) is 1. The van der Waals surface area contributed by atoms with Gasteiger partial charge in [-0.3, -0.25) is 14.3 Å². The molecule has 0 spiro atoms. The van der Waals surface area contributed by atoms with Crippen LogP contribution in [0.4, 0.5) is 0 Å². The number of ether oxygens (including phenoxy) is 2.